The minimum atomic E-state index is 0.406. The molecule has 2 aliphatic rings. The van der Waals surface area contributed by atoms with Gasteiger partial charge in [0, 0.05) is 59.7 Å². The Kier molecular flexibility index (Phi) is 5.50. The van der Waals surface area contributed by atoms with Crippen LogP contribution in [0, 0.1) is 0 Å². The molecule has 2 aliphatic heterocycles. The van der Waals surface area contributed by atoms with Crippen LogP contribution in [0.2, 0.25) is 0 Å². The van der Waals surface area contributed by atoms with Crippen molar-refractivity contribution >= 4 is 39.0 Å². The fourth-order valence-corrected chi connectivity index (χ4v) is 4.81. The van der Waals surface area contributed by atoms with E-state index in [2.05, 4.69) is 47.5 Å². The van der Waals surface area contributed by atoms with E-state index in [0.717, 1.165) is 64.1 Å². The number of halogens is 1. The molecule has 0 amide bonds. The van der Waals surface area contributed by atoms with Crippen LogP contribution < -0.4 is 10.2 Å². The number of thiophene rings is 1. The molecule has 0 radical (unpaired) electrons. The molecule has 4 rings (SSSR count). The summed E-state index contributed by atoms with van der Waals surface area (Å²) in [4.78, 5) is 15.2. The van der Waals surface area contributed by atoms with Crippen molar-refractivity contribution in [3.05, 3.63) is 33.1 Å². The van der Waals surface area contributed by atoms with Gasteiger partial charge in [0.15, 0.2) is 0 Å². The number of hydrogen-bond donors (Lipinski definition) is 1. The third-order valence-electron chi connectivity index (χ3n) is 4.58. The minimum Gasteiger partial charge on any atom is -0.378 e. The van der Waals surface area contributed by atoms with Crippen LogP contribution in [0.4, 0.5) is 11.8 Å². The van der Waals surface area contributed by atoms with Crippen molar-refractivity contribution in [2.45, 2.75) is 19.0 Å². The van der Waals surface area contributed by atoms with E-state index in [1.165, 1.54) is 9.35 Å². The first-order valence-corrected chi connectivity index (χ1v) is 10.3. The van der Waals surface area contributed by atoms with Gasteiger partial charge in [-0.2, -0.15) is 4.98 Å². The Morgan fingerprint density at radius 1 is 1.32 bits per heavy atom. The molecule has 1 atom stereocenters. The van der Waals surface area contributed by atoms with Crippen molar-refractivity contribution in [2.24, 2.45) is 0 Å². The van der Waals surface area contributed by atoms with E-state index in [1.54, 1.807) is 0 Å². The third-order valence-corrected chi connectivity index (χ3v) is 6.27. The zero-order valence-electron chi connectivity index (χ0n) is 14.0. The van der Waals surface area contributed by atoms with E-state index in [1.807, 2.05) is 23.6 Å². The molecule has 2 fully saturated rings. The maximum absolute atomic E-state index is 5.41. The zero-order chi connectivity index (χ0) is 17.1. The second-order valence-corrected chi connectivity index (χ2v) is 8.35. The monoisotopic (exact) mass is 423 g/mol. The molecule has 134 valence electrons. The Labute approximate surface area is 160 Å². The molecule has 8 heteroatoms. The Morgan fingerprint density at radius 3 is 3.00 bits per heavy atom. The highest BCUT2D eigenvalue weighted by Crippen LogP contribution is 2.23. The Bertz CT molecular complexity index is 706. The number of rotatable bonds is 5. The highest BCUT2D eigenvalue weighted by atomic mass is 79.9. The van der Waals surface area contributed by atoms with Crippen molar-refractivity contribution in [3.63, 3.8) is 0 Å². The van der Waals surface area contributed by atoms with E-state index >= 15 is 0 Å². The molecule has 0 bridgehead atoms. The fourth-order valence-electron chi connectivity index (χ4n) is 3.32. The molecular formula is C17H22BrN5OS. The first-order chi connectivity index (χ1) is 12.3. The van der Waals surface area contributed by atoms with Crippen molar-refractivity contribution in [1.29, 1.82) is 0 Å². The van der Waals surface area contributed by atoms with Gasteiger partial charge in [-0.1, -0.05) is 0 Å². The van der Waals surface area contributed by atoms with Gasteiger partial charge in [-0.25, -0.2) is 4.98 Å². The lowest BCUT2D eigenvalue weighted by atomic mass is 10.3. The number of nitrogens with one attached hydrogen (secondary N) is 1. The van der Waals surface area contributed by atoms with E-state index in [4.69, 9.17) is 9.72 Å². The summed E-state index contributed by atoms with van der Waals surface area (Å²) >= 11 is 5.34. The summed E-state index contributed by atoms with van der Waals surface area (Å²) in [5.41, 5.74) is 0. The highest BCUT2D eigenvalue weighted by Gasteiger charge is 2.23. The molecule has 0 aliphatic carbocycles. The summed E-state index contributed by atoms with van der Waals surface area (Å²) in [6.07, 6.45) is 2.97. The maximum atomic E-state index is 5.41. The van der Waals surface area contributed by atoms with Gasteiger partial charge in [-0.15, -0.1) is 11.3 Å². The fraction of sp³-hybridized carbons (Fsp3) is 0.529. The summed E-state index contributed by atoms with van der Waals surface area (Å²) in [7, 11) is 0. The van der Waals surface area contributed by atoms with Crippen LogP contribution in [-0.4, -0.2) is 60.3 Å². The number of anilines is 2. The van der Waals surface area contributed by atoms with Crippen LogP contribution >= 0.6 is 27.3 Å². The average Bonchev–Trinajstić information content (AvgIpc) is 3.25. The summed E-state index contributed by atoms with van der Waals surface area (Å²) in [6.45, 7) is 6.47. The second-order valence-electron chi connectivity index (χ2n) is 6.43. The van der Waals surface area contributed by atoms with Crippen molar-refractivity contribution < 1.29 is 4.74 Å². The molecule has 1 N–H and O–H groups in total. The molecule has 25 heavy (non-hydrogen) atoms. The van der Waals surface area contributed by atoms with Crippen LogP contribution in [-0.2, 0) is 11.3 Å². The molecule has 4 heterocycles. The summed E-state index contributed by atoms with van der Waals surface area (Å²) in [5.74, 6) is 1.72. The van der Waals surface area contributed by atoms with Gasteiger partial charge >= 0.3 is 0 Å². The van der Waals surface area contributed by atoms with Gasteiger partial charge in [-0.05, 0) is 34.5 Å². The van der Waals surface area contributed by atoms with Gasteiger partial charge in [-0.3, -0.25) is 4.90 Å². The predicted molar refractivity (Wildman–Crippen MR) is 104 cm³/mol. The van der Waals surface area contributed by atoms with Crippen LogP contribution in [0.15, 0.2) is 28.2 Å². The lowest BCUT2D eigenvalue weighted by Crippen LogP contribution is -2.37. The molecule has 2 saturated heterocycles. The Hall–Kier alpha value is -1.22. The van der Waals surface area contributed by atoms with E-state index in [9.17, 15) is 0 Å². The van der Waals surface area contributed by atoms with E-state index in [-0.39, 0.29) is 0 Å². The summed E-state index contributed by atoms with van der Waals surface area (Å²) in [6, 6.07) is 4.59. The molecule has 2 aromatic heterocycles. The highest BCUT2D eigenvalue weighted by molar-refractivity contribution is 9.10. The van der Waals surface area contributed by atoms with Crippen molar-refractivity contribution in [1.82, 2.24) is 14.9 Å². The number of ether oxygens (including phenoxy) is 1. The van der Waals surface area contributed by atoms with Gasteiger partial charge in [0.1, 0.15) is 5.82 Å². The first kappa shape index (κ1) is 17.2. The molecule has 6 nitrogen and oxygen atoms in total. The Morgan fingerprint density at radius 2 is 2.20 bits per heavy atom. The quantitative estimate of drug-likeness (QED) is 0.797. The molecule has 2 aromatic rings. The summed E-state index contributed by atoms with van der Waals surface area (Å²) in [5, 5.41) is 5.66. The molecule has 1 unspecified atom stereocenters. The van der Waals surface area contributed by atoms with Crippen LogP contribution in [0.3, 0.4) is 0 Å². The maximum Gasteiger partial charge on any atom is 0.224 e. The molecule has 0 aromatic carbocycles. The third kappa shape index (κ3) is 4.49. The summed E-state index contributed by atoms with van der Waals surface area (Å²) < 4.78 is 6.59. The van der Waals surface area contributed by atoms with Crippen LogP contribution in [0.1, 0.15) is 11.3 Å². The van der Waals surface area contributed by atoms with Crippen LogP contribution in [0.5, 0.6) is 0 Å². The average molecular weight is 424 g/mol. The Balaban J connectivity index is 1.33. The second kappa shape index (κ2) is 7.99. The van der Waals surface area contributed by atoms with Crippen molar-refractivity contribution in [2.75, 3.05) is 49.6 Å². The smallest absolute Gasteiger partial charge is 0.224 e. The zero-order valence-corrected chi connectivity index (χ0v) is 16.4. The molecule has 0 saturated carbocycles. The van der Waals surface area contributed by atoms with Crippen LogP contribution in [0.25, 0.3) is 0 Å². The minimum absolute atomic E-state index is 0.406. The lowest BCUT2D eigenvalue weighted by molar-refractivity contribution is 0.122. The van der Waals surface area contributed by atoms with Crippen molar-refractivity contribution in [3.8, 4) is 0 Å². The SMILES string of the molecule is Brc1csc(CN2CCC(Nc3nccc(N4CCOCC4)n3)C2)c1. The molecule has 0 spiro atoms. The predicted octanol–water partition coefficient (Wildman–Crippen LogP) is 2.82. The number of morpholine rings is 1. The molecular weight excluding hydrogens is 402 g/mol. The van der Waals surface area contributed by atoms with Gasteiger partial charge in [0.25, 0.3) is 0 Å². The normalized spacial score (nSPS) is 21.6. The topological polar surface area (TPSA) is 53.5 Å². The van der Waals surface area contributed by atoms with Gasteiger partial charge < -0.3 is 15.0 Å². The van der Waals surface area contributed by atoms with E-state index < -0.39 is 0 Å². The van der Waals surface area contributed by atoms with Gasteiger partial charge in [0.2, 0.25) is 5.95 Å². The lowest BCUT2D eigenvalue weighted by Gasteiger charge is -2.28. The number of nitrogens with zero attached hydrogens (tertiary/aromatic N) is 4. The first-order valence-electron chi connectivity index (χ1n) is 8.64. The largest absolute Gasteiger partial charge is 0.378 e. The standard InChI is InChI=1S/C17H22BrN5OS/c18-13-9-15(25-12-13)11-22-4-2-14(10-22)20-17-19-3-1-16(21-17)23-5-7-24-8-6-23/h1,3,9,12,14H,2,4-8,10-11H2,(H,19,20,21). The number of aromatic nitrogens is 2. The number of hydrogen-bond acceptors (Lipinski definition) is 7. The number of likely N-dealkylation sites (tertiary alicyclic amines) is 1. The van der Waals surface area contributed by atoms with E-state index in [0.29, 0.717) is 6.04 Å². The van der Waals surface area contributed by atoms with Gasteiger partial charge in [0.05, 0.1) is 13.2 Å².